The number of Topliss-reactive ketones (excluding diaryl/α,β-unsaturated/α-hetero) is 2. The number of morpholine rings is 3. The molecule has 0 saturated carbocycles. The fraction of sp³-hybridized carbons (Fsp3) is 0.594. The number of nitro groups is 1. The van der Waals surface area contributed by atoms with Gasteiger partial charge in [-0.3, -0.25) is 44.0 Å². The Labute approximate surface area is 739 Å². The van der Waals surface area contributed by atoms with Crippen molar-refractivity contribution in [3.8, 4) is 0 Å². The van der Waals surface area contributed by atoms with Gasteiger partial charge in [0.25, 0.3) is 5.69 Å². The van der Waals surface area contributed by atoms with Gasteiger partial charge in [0.05, 0.1) is 63.3 Å². The molecule has 25 heteroatoms. The number of ether oxygens (including phenoxy) is 6. The second-order valence-electron chi connectivity index (χ2n) is 36.4. The molecule has 6 aliphatic rings. The van der Waals surface area contributed by atoms with Crippen molar-refractivity contribution < 1.29 is 57.3 Å². The maximum Gasteiger partial charge on any atom is 0.341 e. The number of esters is 3. The lowest BCUT2D eigenvalue weighted by molar-refractivity contribution is -0.384. The molecule has 5 aromatic carbocycles. The largest absolute Gasteiger partial charge is 0.460 e. The Morgan fingerprint density at radius 1 is 0.512 bits per heavy atom. The van der Waals surface area contributed by atoms with E-state index in [-0.39, 0.29) is 54.2 Å². The second kappa shape index (κ2) is 45.1. The molecule has 0 aliphatic carbocycles. The number of H-pyrrole nitrogens is 1. The summed E-state index contributed by atoms with van der Waals surface area (Å²) in [4.78, 5) is 96.1. The van der Waals surface area contributed by atoms with Crippen LogP contribution in [0.1, 0.15) is 233 Å². The van der Waals surface area contributed by atoms with E-state index in [2.05, 4.69) is 144 Å². The van der Waals surface area contributed by atoms with Crippen molar-refractivity contribution in [3.05, 3.63) is 177 Å². The van der Waals surface area contributed by atoms with Crippen LogP contribution in [-0.4, -0.2) is 207 Å². The van der Waals surface area contributed by atoms with Gasteiger partial charge in [-0.2, -0.15) is 0 Å². The van der Waals surface area contributed by atoms with Crippen LogP contribution in [-0.2, 0) is 83.1 Å². The highest BCUT2D eigenvalue weighted by Crippen LogP contribution is 2.42. The van der Waals surface area contributed by atoms with Gasteiger partial charge in [0.15, 0.2) is 22.9 Å². The van der Waals surface area contributed by atoms with Crippen molar-refractivity contribution in [3.63, 3.8) is 0 Å². The van der Waals surface area contributed by atoms with Crippen LogP contribution < -0.4 is 15.1 Å². The van der Waals surface area contributed by atoms with Crippen molar-refractivity contribution in [2.75, 3.05) is 128 Å². The summed E-state index contributed by atoms with van der Waals surface area (Å²) in [7, 11) is 0. The molecule has 12 rings (SSSR count). The zero-order valence-corrected chi connectivity index (χ0v) is 77.5. The molecule has 662 valence electrons. The Hall–Kier alpha value is -7.89. The van der Waals surface area contributed by atoms with Crippen LogP contribution in [0.25, 0.3) is 20.6 Å². The second-order valence-corrected chi connectivity index (χ2v) is 38.0. The molecule has 0 spiro atoms. The minimum Gasteiger partial charge on any atom is -0.460 e. The first-order valence-corrected chi connectivity index (χ1v) is 44.4. The first-order valence-electron chi connectivity index (χ1n) is 42.9. The number of fused-ring (bicyclic) bond motifs is 1. The number of aryl methyl sites for hydroxylation is 3. The third-order valence-electron chi connectivity index (χ3n) is 23.4. The molecule has 121 heavy (non-hydrogen) atoms. The number of carbonyl (C=O) groups is 5. The predicted molar refractivity (Wildman–Crippen MR) is 494 cm³/mol. The van der Waals surface area contributed by atoms with Crippen molar-refractivity contribution in [2.24, 2.45) is 0 Å². The molecule has 0 radical (unpaired) electrons. The summed E-state index contributed by atoms with van der Waals surface area (Å²) < 4.78 is 34.1. The van der Waals surface area contributed by atoms with E-state index in [0.717, 1.165) is 199 Å². The molecule has 7 heterocycles. The summed E-state index contributed by atoms with van der Waals surface area (Å²) in [6.07, 6.45) is 9.72. The molecule has 0 unspecified atom stereocenters. The molecule has 1 aromatic heterocycles. The molecule has 0 bridgehead atoms. The minimum absolute atomic E-state index is 0. The lowest BCUT2D eigenvalue weighted by Gasteiger charge is -2.41. The number of nitro benzene ring substituents is 1. The number of aromatic nitrogens is 1. The average Bonchev–Trinajstić information content (AvgIpc) is 1.60. The molecule has 6 saturated heterocycles. The van der Waals surface area contributed by atoms with E-state index in [4.69, 9.17) is 53.2 Å². The number of halogens is 2. The number of hydrogen-bond donors (Lipinski definition) is 2. The number of nitrogens with one attached hydrogen (secondary N) is 2. The van der Waals surface area contributed by atoms with E-state index in [9.17, 15) is 34.1 Å². The summed E-state index contributed by atoms with van der Waals surface area (Å²) >= 11 is 7.79. The van der Waals surface area contributed by atoms with Crippen molar-refractivity contribution >= 4 is 103 Å². The Morgan fingerprint density at radius 2 is 0.893 bits per heavy atom. The average molecular weight is 1800 g/mol. The first kappa shape index (κ1) is 100. The topological polar surface area (TPSA) is 237 Å². The van der Waals surface area contributed by atoms with Crippen LogP contribution in [0.15, 0.2) is 91.0 Å². The number of carbonyl (C=O) groups excluding carboxylic acids is 5. The first-order chi connectivity index (χ1) is 56.6. The normalized spacial score (nSPS) is 17.1. The molecule has 23 nitrogen and oxygen atoms in total. The number of aromatic amines is 1. The minimum atomic E-state index is -0.760. The van der Waals surface area contributed by atoms with Crippen LogP contribution in [0.5, 0.6) is 0 Å². The Kier molecular flexibility index (Phi) is 37.4. The number of anilines is 2. The van der Waals surface area contributed by atoms with Gasteiger partial charge < -0.3 is 48.5 Å². The highest BCUT2D eigenvalue weighted by Gasteiger charge is 2.39. The van der Waals surface area contributed by atoms with Gasteiger partial charge in [0.1, 0.15) is 34.7 Å². The van der Waals surface area contributed by atoms with E-state index in [1.54, 1.807) is 26.8 Å². The standard InChI is InChI=1S/C34H44N4O3.C27H42N2O4.C18H25IO3.C9H18N2O.C7H3ClN2O2.CH4/c1-8-23-9-10-24(21-29(23)38-15-13-26(14-16-38)37-17-19-40-20-18-37)34(5,6)31-30(32(39)41-33(2,3)4)27-12-11-25(35-7)22-28(27)36-31;1-7-20-8-9-21(27(5,6)24(30)19-25(31)33-26(2,3)4)18-23(20)29-12-10-22(11-13-29)28-14-16-32-17-15-28;1-7-12-8-9-13(10-14(12)19)18(5,6)15(20)11-16(21)22-17(2,3)4;1-3-10-4-2-9(1)11-5-7-12-8-6-11;1-9-5-2-3-6(8)7(4-5)10(11)12;/h9-12,21-22,26,36H,8,13-20H2,1-6H3;8-9,18,22H,7,10-17,19H2,1-6H3;8-10H,7,11H2,1-6H3;9-10H,1-8H2;2-4H;1H4. The van der Waals surface area contributed by atoms with Gasteiger partial charge in [-0.25, -0.2) is 14.5 Å². The molecule has 0 atom stereocenters. The zero-order valence-electron chi connectivity index (χ0n) is 74.5. The molecular weight excluding hydrogens is 1660 g/mol. The molecule has 6 aliphatic heterocycles. The number of ketones is 2. The Balaban J connectivity index is 0.000000224. The van der Waals surface area contributed by atoms with Gasteiger partial charge >= 0.3 is 17.9 Å². The van der Waals surface area contributed by atoms with Crippen LogP contribution in [0, 0.1) is 26.8 Å². The molecule has 6 fully saturated rings. The van der Waals surface area contributed by atoms with E-state index in [1.165, 1.54) is 66.1 Å². The van der Waals surface area contributed by atoms with Crippen molar-refractivity contribution in [1.82, 2.24) is 25.0 Å². The van der Waals surface area contributed by atoms with Crippen molar-refractivity contribution in [2.45, 2.75) is 254 Å². The lowest BCUT2D eigenvalue weighted by atomic mass is 9.78. The van der Waals surface area contributed by atoms with E-state index >= 15 is 0 Å². The fourth-order valence-electron chi connectivity index (χ4n) is 16.2. The van der Waals surface area contributed by atoms with Crippen LogP contribution >= 0.6 is 34.2 Å². The molecular formula is C96H136ClIN10O13. The number of benzene rings is 5. The van der Waals surface area contributed by atoms with Gasteiger partial charge in [-0.1, -0.05) is 108 Å². The number of piperidine rings is 3. The van der Waals surface area contributed by atoms with Gasteiger partial charge in [-0.05, 0) is 247 Å². The highest BCUT2D eigenvalue weighted by atomic mass is 127. The SMILES string of the molecule is C.C1CC(N2CCOCC2)CCN1.CCc1ccc(C(C)(C)C(=O)CC(=O)OC(C)(C)C)cc1I.CCc1ccc(C(C)(C)C(=O)CC(=O)OC(C)(C)C)cc1N1CCC(N2CCOCC2)CC1.[C-]#[N+]c1ccc(Cl)c([N+](=O)[O-])c1.[C-]#[N+]c1ccc2c(C(=O)OC(C)(C)C)c(C(C)(C)c3ccc(CC)c(N4CCC(N5CCOCC5)CC4)c3)[nH]c2c1. The lowest BCUT2D eigenvalue weighted by Crippen LogP contribution is -2.49. The quantitative estimate of drug-likeness (QED) is 0.0137. The third kappa shape index (κ3) is 28.6. The highest BCUT2D eigenvalue weighted by molar-refractivity contribution is 14.1. The Bertz CT molecular complexity index is 4530. The maximum absolute atomic E-state index is 13.6. The summed E-state index contributed by atoms with van der Waals surface area (Å²) in [5, 5.41) is 14.5. The predicted octanol–water partition coefficient (Wildman–Crippen LogP) is 18.9. The Morgan fingerprint density at radius 3 is 1.29 bits per heavy atom. The zero-order chi connectivity index (χ0) is 88.1. The monoisotopic (exact) mass is 1800 g/mol. The molecule has 2 N–H and O–H groups in total. The third-order valence-corrected chi connectivity index (χ3v) is 24.7. The smallest absolute Gasteiger partial charge is 0.341 e. The van der Waals surface area contributed by atoms with Gasteiger partial charge in [0.2, 0.25) is 0 Å². The number of hydrogen-bond acceptors (Lipinski definition) is 19. The van der Waals surface area contributed by atoms with Crippen LogP contribution in [0.2, 0.25) is 5.02 Å². The van der Waals surface area contributed by atoms with Crippen LogP contribution in [0.4, 0.5) is 28.4 Å². The number of nitrogens with zero attached hydrogens (tertiary/aromatic N) is 8. The van der Waals surface area contributed by atoms with Crippen molar-refractivity contribution in [1.29, 1.82) is 0 Å². The van der Waals surface area contributed by atoms with Gasteiger partial charge in [0, 0.05) is 137 Å². The summed E-state index contributed by atoms with van der Waals surface area (Å²) in [6.45, 7) is 67.1. The summed E-state index contributed by atoms with van der Waals surface area (Å²) in [6, 6.07) is 30.7. The van der Waals surface area contributed by atoms with Crippen LogP contribution in [0.3, 0.4) is 0 Å². The van der Waals surface area contributed by atoms with E-state index in [0.29, 0.717) is 23.3 Å². The van der Waals surface area contributed by atoms with E-state index < -0.39 is 49.9 Å². The summed E-state index contributed by atoms with van der Waals surface area (Å²) in [5.74, 6) is -1.51. The number of rotatable bonds is 20. The molecule has 6 aromatic rings. The summed E-state index contributed by atoms with van der Waals surface area (Å²) in [5.41, 5.74) is 8.35. The maximum atomic E-state index is 13.6. The molecule has 0 amide bonds. The van der Waals surface area contributed by atoms with Gasteiger partial charge in [-0.15, -0.1) is 0 Å². The van der Waals surface area contributed by atoms with E-state index in [1.807, 2.05) is 93.5 Å². The fourth-order valence-corrected chi connectivity index (χ4v) is 17.2.